The van der Waals surface area contributed by atoms with Gasteiger partial charge in [-0.2, -0.15) is 5.10 Å². The first-order valence-corrected chi connectivity index (χ1v) is 8.33. The molecule has 4 aromatic rings. The van der Waals surface area contributed by atoms with Crippen molar-refractivity contribution >= 4 is 28.4 Å². The van der Waals surface area contributed by atoms with Crippen LogP contribution in [0.3, 0.4) is 0 Å². The number of para-hydroxylation sites is 1. The molecule has 0 fully saturated rings. The Morgan fingerprint density at radius 2 is 1.70 bits per heavy atom. The number of anilines is 1. The number of furan rings is 1. The average Bonchev–Trinajstić information content (AvgIpc) is 3.17. The number of benzene rings is 3. The minimum absolute atomic E-state index is 0.00391. The maximum Gasteiger partial charge on any atom is 0.280 e. The third-order valence-electron chi connectivity index (χ3n) is 4.16. The van der Waals surface area contributed by atoms with E-state index < -0.39 is 4.92 Å². The lowest BCUT2D eigenvalue weighted by Gasteiger charge is -2.04. The van der Waals surface area contributed by atoms with Gasteiger partial charge >= 0.3 is 0 Å². The van der Waals surface area contributed by atoms with Gasteiger partial charge in [-0.15, -0.1) is 0 Å². The molecule has 0 aliphatic carbocycles. The molecule has 0 aliphatic heterocycles. The minimum atomic E-state index is -0.423. The van der Waals surface area contributed by atoms with Gasteiger partial charge in [-0.25, -0.2) is 0 Å². The van der Waals surface area contributed by atoms with Crippen LogP contribution in [0.5, 0.6) is 0 Å². The van der Waals surface area contributed by atoms with Crippen LogP contribution in [0.1, 0.15) is 5.76 Å². The molecule has 0 radical (unpaired) electrons. The molecule has 4 rings (SSSR count). The molecule has 0 spiro atoms. The normalized spacial score (nSPS) is 11.1. The van der Waals surface area contributed by atoms with Crippen molar-refractivity contribution in [3.05, 3.63) is 94.7 Å². The van der Waals surface area contributed by atoms with E-state index in [4.69, 9.17) is 4.42 Å². The highest BCUT2D eigenvalue weighted by Crippen LogP contribution is 2.30. The van der Waals surface area contributed by atoms with Crippen molar-refractivity contribution in [1.29, 1.82) is 0 Å². The maximum atomic E-state index is 11.2. The first-order valence-electron chi connectivity index (χ1n) is 8.33. The van der Waals surface area contributed by atoms with E-state index in [0.717, 1.165) is 16.5 Å². The molecule has 0 unspecified atom stereocenters. The van der Waals surface area contributed by atoms with E-state index >= 15 is 0 Å². The fraction of sp³-hybridized carbons (Fsp3) is 0. The SMILES string of the molecule is O=[N+]([O-])c1ccccc1-c1ccc(C=NNc2cccc3ccccc23)o1. The maximum absolute atomic E-state index is 11.2. The zero-order chi connectivity index (χ0) is 18.6. The fourth-order valence-electron chi connectivity index (χ4n) is 2.90. The van der Waals surface area contributed by atoms with Crippen LogP contribution in [0.2, 0.25) is 0 Å². The van der Waals surface area contributed by atoms with Gasteiger partial charge in [-0.1, -0.05) is 48.5 Å². The highest BCUT2D eigenvalue weighted by Gasteiger charge is 2.16. The van der Waals surface area contributed by atoms with Crippen molar-refractivity contribution in [3.63, 3.8) is 0 Å². The predicted molar refractivity (Wildman–Crippen MR) is 106 cm³/mol. The molecule has 0 amide bonds. The Labute approximate surface area is 154 Å². The van der Waals surface area contributed by atoms with Crippen LogP contribution in [-0.2, 0) is 0 Å². The number of nitrogens with one attached hydrogen (secondary N) is 1. The van der Waals surface area contributed by atoms with Crippen LogP contribution in [-0.4, -0.2) is 11.1 Å². The van der Waals surface area contributed by atoms with E-state index in [1.807, 2.05) is 42.5 Å². The molecule has 0 aliphatic rings. The smallest absolute Gasteiger partial charge is 0.280 e. The van der Waals surface area contributed by atoms with Crippen molar-refractivity contribution in [2.24, 2.45) is 5.10 Å². The zero-order valence-corrected chi connectivity index (χ0v) is 14.2. The van der Waals surface area contributed by atoms with Crippen LogP contribution in [0, 0.1) is 10.1 Å². The number of fused-ring (bicyclic) bond motifs is 1. The molecule has 6 nitrogen and oxygen atoms in total. The molecule has 27 heavy (non-hydrogen) atoms. The summed E-state index contributed by atoms with van der Waals surface area (Å²) < 4.78 is 5.69. The lowest BCUT2D eigenvalue weighted by Crippen LogP contribution is -1.91. The van der Waals surface area contributed by atoms with Gasteiger partial charge in [-0.05, 0) is 29.7 Å². The van der Waals surface area contributed by atoms with Gasteiger partial charge < -0.3 is 4.42 Å². The second-order valence-corrected chi connectivity index (χ2v) is 5.87. The topological polar surface area (TPSA) is 80.7 Å². The van der Waals surface area contributed by atoms with E-state index in [1.54, 1.807) is 36.5 Å². The second kappa shape index (κ2) is 7.13. The summed E-state index contributed by atoms with van der Waals surface area (Å²) >= 11 is 0. The van der Waals surface area contributed by atoms with Gasteiger partial charge in [0.1, 0.15) is 11.5 Å². The van der Waals surface area contributed by atoms with E-state index in [-0.39, 0.29) is 5.69 Å². The fourth-order valence-corrected chi connectivity index (χ4v) is 2.90. The summed E-state index contributed by atoms with van der Waals surface area (Å²) in [5.74, 6) is 0.921. The summed E-state index contributed by atoms with van der Waals surface area (Å²) in [6, 6.07) is 23.9. The molecule has 1 aromatic heterocycles. The summed E-state index contributed by atoms with van der Waals surface area (Å²) in [5, 5.41) is 17.6. The molecule has 1 N–H and O–H groups in total. The Morgan fingerprint density at radius 3 is 2.59 bits per heavy atom. The number of hydrogen-bond acceptors (Lipinski definition) is 5. The zero-order valence-electron chi connectivity index (χ0n) is 14.2. The van der Waals surface area contributed by atoms with Crippen molar-refractivity contribution < 1.29 is 9.34 Å². The van der Waals surface area contributed by atoms with Crippen molar-refractivity contribution in [1.82, 2.24) is 0 Å². The Hall–Kier alpha value is -3.93. The summed E-state index contributed by atoms with van der Waals surface area (Å²) in [5.41, 5.74) is 4.34. The number of nitro groups is 1. The number of hydrogen-bond donors (Lipinski definition) is 1. The highest BCUT2D eigenvalue weighted by molar-refractivity contribution is 5.94. The minimum Gasteiger partial charge on any atom is -0.455 e. The summed E-state index contributed by atoms with van der Waals surface area (Å²) in [6.45, 7) is 0. The molecular formula is C21H15N3O3. The van der Waals surface area contributed by atoms with E-state index in [1.165, 1.54) is 6.07 Å². The van der Waals surface area contributed by atoms with Crippen LogP contribution < -0.4 is 5.43 Å². The largest absolute Gasteiger partial charge is 0.455 e. The number of nitro benzene ring substituents is 1. The molecular weight excluding hydrogens is 342 g/mol. The summed E-state index contributed by atoms with van der Waals surface area (Å²) in [4.78, 5) is 10.7. The van der Waals surface area contributed by atoms with Crippen LogP contribution in [0.25, 0.3) is 22.1 Å². The Morgan fingerprint density at radius 1 is 0.926 bits per heavy atom. The molecule has 0 saturated carbocycles. The first-order chi connectivity index (χ1) is 13.2. The van der Waals surface area contributed by atoms with Crippen molar-refractivity contribution in [2.75, 3.05) is 5.43 Å². The number of nitrogens with zero attached hydrogens (tertiary/aromatic N) is 2. The van der Waals surface area contributed by atoms with Gasteiger partial charge in [0.15, 0.2) is 0 Å². The highest BCUT2D eigenvalue weighted by atomic mass is 16.6. The quantitative estimate of drug-likeness (QED) is 0.292. The van der Waals surface area contributed by atoms with Crippen LogP contribution >= 0.6 is 0 Å². The Balaban J connectivity index is 1.55. The van der Waals surface area contributed by atoms with Gasteiger partial charge in [0.2, 0.25) is 0 Å². The lowest BCUT2D eigenvalue weighted by atomic mass is 10.1. The van der Waals surface area contributed by atoms with Crippen molar-refractivity contribution in [2.45, 2.75) is 0 Å². The van der Waals surface area contributed by atoms with E-state index in [2.05, 4.69) is 10.5 Å². The summed E-state index contributed by atoms with van der Waals surface area (Å²) in [6.07, 6.45) is 1.54. The summed E-state index contributed by atoms with van der Waals surface area (Å²) in [7, 11) is 0. The van der Waals surface area contributed by atoms with Gasteiger partial charge in [-0.3, -0.25) is 15.5 Å². The molecule has 132 valence electrons. The molecule has 0 saturated heterocycles. The molecule has 1 heterocycles. The Kier molecular flexibility index (Phi) is 4.37. The average molecular weight is 357 g/mol. The molecule has 0 atom stereocenters. The monoisotopic (exact) mass is 357 g/mol. The van der Waals surface area contributed by atoms with E-state index in [9.17, 15) is 10.1 Å². The second-order valence-electron chi connectivity index (χ2n) is 5.87. The van der Waals surface area contributed by atoms with E-state index in [0.29, 0.717) is 17.1 Å². The van der Waals surface area contributed by atoms with Gasteiger partial charge in [0, 0.05) is 11.5 Å². The predicted octanol–water partition coefficient (Wildman–Crippen LogP) is 5.45. The Bertz CT molecular complexity index is 1140. The van der Waals surface area contributed by atoms with Gasteiger partial charge in [0.25, 0.3) is 5.69 Å². The van der Waals surface area contributed by atoms with Crippen LogP contribution in [0.4, 0.5) is 11.4 Å². The third-order valence-corrected chi connectivity index (χ3v) is 4.16. The molecule has 0 bridgehead atoms. The van der Waals surface area contributed by atoms with Crippen LogP contribution in [0.15, 0.2) is 88.4 Å². The first kappa shape index (κ1) is 16.5. The third kappa shape index (κ3) is 3.41. The molecule has 3 aromatic carbocycles. The lowest BCUT2D eigenvalue weighted by molar-refractivity contribution is -0.384. The standard InChI is InChI=1S/C21H15N3O3/c25-24(26)20-11-4-3-9-18(20)21-13-12-16(27-21)14-22-23-19-10-5-7-15-6-1-2-8-17(15)19/h1-14,23H. The number of rotatable bonds is 5. The van der Waals surface area contributed by atoms with Crippen molar-refractivity contribution in [3.8, 4) is 11.3 Å². The van der Waals surface area contributed by atoms with Gasteiger partial charge in [0.05, 0.1) is 22.4 Å². The molecule has 6 heteroatoms. The number of hydrazone groups is 1.